The molecule has 162 valence electrons. The molecule has 1 aliphatic carbocycles. The summed E-state index contributed by atoms with van der Waals surface area (Å²) in [5, 5.41) is 18.7. The number of amides is 1. The smallest absolute Gasteiger partial charge is 0.225 e. The van der Waals surface area contributed by atoms with Crippen molar-refractivity contribution >= 4 is 22.8 Å². The van der Waals surface area contributed by atoms with Crippen molar-refractivity contribution in [3.05, 3.63) is 42.7 Å². The topological polar surface area (TPSA) is 96.2 Å². The van der Waals surface area contributed by atoms with E-state index in [2.05, 4.69) is 20.4 Å². The molecule has 3 heterocycles. The van der Waals surface area contributed by atoms with E-state index in [4.69, 9.17) is 0 Å². The molecule has 1 aliphatic heterocycles. The Morgan fingerprint density at radius 2 is 1.81 bits per heavy atom. The third-order valence-electron chi connectivity index (χ3n) is 6.52. The standard InChI is InChI=1S/C23H28N6O2/c30-19-10-13-28(14-11-19)22(31)16-5-7-18(8-6-16)26-23-24-12-9-21(27-23)29-20-4-2-1-3-17(20)15-25-29/h1-4,9,12,15-16,18-19,30H,5-8,10-11,13-14H2,(H,24,26,27)/t16-,18-. The average molecular weight is 421 g/mol. The number of nitrogens with zero attached hydrogens (tertiary/aromatic N) is 5. The number of benzene rings is 1. The molecule has 0 atom stereocenters. The molecule has 1 amide bonds. The summed E-state index contributed by atoms with van der Waals surface area (Å²) >= 11 is 0. The van der Waals surface area contributed by atoms with Crippen LogP contribution in [0.25, 0.3) is 16.7 Å². The number of hydrogen-bond acceptors (Lipinski definition) is 6. The van der Waals surface area contributed by atoms with Gasteiger partial charge in [-0.05, 0) is 44.6 Å². The van der Waals surface area contributed by atoms with Crippen LogP contribution in [0.15, 0.2) is 42.7 Å². The summed E-state index contributed by atoms with van der Waals surface area (Å²) in [6.45, 7) is 1.36. The molecule has 0 bridgehead atoms. The Morgan fingerprint density at radius 3 is 2.61 bits per heavy atom. The summed E-state index contributed by atoms with van der Waals surface area (Å²) in [7, 11) is 0. The maximum absolute atomic E-state index is 12.8. The highest BCUT2D eigenvalue weighted by atomic mass is 16.3. The SMILES string of the molecule is O=C([C@H]1CC[C@H](Nc2nccc(-n3ncc4ccccc43)n2)CC1)N1CCC(O)CC1. The quantitative estimate of drug-likeness (QED) is 0.674. The van der Waals surface area contributed by atoms with E-state index in [0.29, 0.717) is 31.9 Å². The number of aliphatic hydroxyl groups is 1. The predicted octanol–water partition coefficient (Wildman–Crippen LogP) is 2.77. The van der Waals surface area contributed by atoms with Crippen LogP contribution in [0, 0.1) is 5.92 Å². The molecule has 2 aliphatic rings. The Kier molecular flexibility index (Phi) is 5.55. The summed E-state index contributed by atoms with van der Waals surface area (Å²) in [5.41, 5.74) is 1.01. The number of hydrogen-bond donors (Lipinski definition) is 2. The van der Waals surface area contributed by atoms with Crippen LogP contribution < -0.4 is 5.32 Å². The lowest BCUT2D eigenvalue weighted by molar-refractivity contribution is -0.138. The second kappa shape index (κ2) is 8.63. The van der Waals surface area contributed by atoms with Crippen molar-refractivity contribution in [3.63, 3.8) is 0 Å². The Bertz CT molecular complexity index is 1050. The minimum absolute atomic E-state index is 0.0935. The van der Waals surface area contributed by atoms with Crippen LogP contribution in [0.2, 0.25) is 0 Å². The Balaban J connectivity index is 1.20. The van der Waals surface area contributed by atoms with Gasteiger partial charge < -0.3 is 15.3 Å². The van der Waals surface area contributed by atoms with Gasteiger partial charge in [0.2, 0.25) is 11.9 Å². The van der Waals surface area contributed by atoms with E-state index in [1.165, 1.54) is 0 Å². The van der Waals surface area contributed by atoms with Crippen molar-refractivity contribution < 1.29 is 9.90 Å². The monoisotopic (exact) mass is 420 g/mol. The van der Waals surface area contributed by atoms with Gasteiger partial charge in [0.05, 0.1) is 17.8 Å². The van der Waals surface area contributed by atoms with E-state index in [1.54, 1.807) is 6.20 Å². The van der Waals surface area contributed by atoms with Crippen molar-refractivity contribution in [2.75, 3.05) is 18.4 Å². The van der Waals surface area contributed by atoms with Crippen LogP contribution in [-0.2, 0) is 4.79 Å². The third kappa shape index (κ3) is 4.25. The minimum Gasteiger partial charge on any atom is -0.393 e. The van der Waals surface area contributed by atoms with E-state index in [0.717, 1.165) is 42.4 Å². The highest BCUT2D eigenvalue weighted by molar-refractivity contribution is 5.80. The zero-order chi connectivity index (χ0) is 21.2. The number of para-hydroxylation sites is 1. The van der Waals surface area contributed by atoms with Crippen molar-refractivity contribution in [1.82, 2.24) is 24.6 Å². The Labute approximate surface area is 181 Å². The van der Waals surface area contributed by atoms with Crippen LogP contribution in [0.4, 0.5) is 5.95 Å². The van der Waals surface area contributed by atoms with Gasteiger partial charge in [-0.3, -0.25) is 4.79 Å². The number of carbonyl (C=O) groups is 1. The molecule has 0 unspecified atom stereocenters. The number of nitrogens with one attached hydrogen (secondary N) is 1. The first-order valence-electron chi connectivity index (χ1n) is 11.2. The third-order valence-corrected chi connectivity index (χ3v) is 6.52. The zero-order valence-corrected chi connectivity index (χ0v) is 17.5. The summed E-state index contributed by atoms with van der Waals surface area (Å²) < 4.78 is 1.83. The van der Waals surface area contributed by atoms with Gasteiger partial charge in [0.1, 0.15) is 0 Å². The molecule has 31 heavy (non-hydrogen) atoms. The molecule has 8 heteroatoms. The summed E-state index contributed by atoms with van der Waals surface area (Å²) in [5.74, 6) is 1.68. The van der Waals surface area contributed by atoms with E-state index < -0.39 is 0 Å². The minimum atomic E-state index is -0.250. The Hall–Kier alpha value is -3.00. The van der Waals surface area contributed by atoms with Crippen molar-refractivity contribution in [3.8, 4) is 5.82 Å². The van der Waals surface area contributed by atoms with Crippen LogP contribution in [0.1, 0.15) is 38.5 Å². The van der Waals surface area contributed by atoms with Crippen LogP contribution in [0.3, 0.4) is 0 Å². The molecule has 2 fully saturated rings. The number of piperidine rings is 1. The fourth-order valence-corrected chi connectivity index (χ4v) is 4.70. The first-order chi connectivity index (χ1) is 15.2. The molecule has 8 nitrogen and oxygen atoms in total. The molecular weight excluding hydrogens is 392 g/mol. The fourth-order valence-electron chi connectivity index (χ4n) is 4.70. The number of aromatic nitrogens is 4. The van der Waals surface area contributed by atoms with Gasteiger partial charge in [-0.1, -0.05) is 18.2 Å². The highest BCUT2D eigenvalue weighted by Crippen LogP contribution is 2.28. The largest absolute Gasteiger partial charge is 0.393 e. The van der Waals surface area contributed by atoms with Crippen molar-refractivity contribution in [1.29, 1.82) is 0 Å². The molecule has 2 N–H and O–H groups in total. The first kappa shape index (κ1) is 19.9. The Morgan fingerprint density at radius 1 is 1.03 bits per heavy atom. The molecular formula is C23H28N6O2. The lowest BCUT2D eigenvalue weighted by atomic mass is 9.85. The van der Waals surface area contributed by atoms with Gasteiger partial charge in [-0.2, -0.15) is 10.1 Å². The lowest BCUT2D eigenvalue weighted by Crippen LogP contribution is -2.44. The van der Waals surface area contributed by atoms with Gasteiger partial charge in [-0.25, -0.2) is 9.67 Å². The number of aliphatic hydroxyl groups excluding tert-OH is 1. The van der Waals surface area contributed by atoms with E-state index >= 15 is 0 Å². The van der Waals surface area contributed by atoms with Gasteiger partial charge in [-0.15, -0.1) is 0 Å². The molecule has 2 aromatic heterocycles. The maximum Gasteiger partial charge on any atom is 0.225 e. The molecule has 0 radical (unpaired) electrons. The number of likely N-dealkylation sites (tertiary alicyclic amines) is 1. The van der Waals surface area contributed by atoms with E-state index in [-0.39, 0.29) is 24.0 Å². The summed E-state index contributed by atoms with van der Waals surface area (Å²) in [6.07, 6.45) is 8.32. The summed E-state index contributed by atoms with van der Waals surface area (Å²) in [4.78, 5) is 23.8. The van der Waals surface area contributed by atoms with Crippen LogP contribution in [0.5, 0.6) is 0 Å². The molecule has 3 aromatic rings. The van der Waals surface area contributed by atoms with Gasteiger partial charge in [0, 0.05) is 42.7 Å². The highest BCUT2D eigenvalue weighted by Gasteiger charge is 2.31. The van der Waals surface area contributed by atoms with Gasteiger partial charge in [0.25, 0.3) is 0 Å². The summed E-state index contributed by atoms with van der Waals surface area (Å²) in [6, 6.07) is 10.2. The van der Waals surface area contributed by atoms with E-state index in [9.17, 15) is 9.90 Å². The van der Waals surface area contributed by atoms with Crippen LogP contribution >= 0.6 is 0 Å². The van der Waals surface area contributed by atoms with E-state index in [1.807, 2.05) is 46.1 Å². The molecule has 5 rings (SSSR count). The number of carbonyl (C=O) groups excluding carboxylic acids is 1. The second-order valence-corrected chi connectivity index (χ2v) is 8.60. The van der Waals surface area contributed by atoms with Gasteiger partial charge >= 0.3 is 0 Å². The zero-order valence-electron chi connectivity index (χ0n) is 17.5. The predicted molar refractivity (Wildman–Crippen MR) is 118 cm³/mol. The number of rotatable bonds is 4. The normalized spacial score (nSPS) is 22.5. The molecule has 1 saturated heterocycles. The molecule has 1 aromatic carbocycles. The lowest BCUT2D eigenvalue weighted by Gasteiger charge is -2.35. The second-order valence-electron chi connectivity index (χ2n) is 8.60. The fraction of sp³-hybridized carbons (Fsp3) is 0.478. The number of anilines is 1. The maximum atomic E-state index is 12.8. The number of fused-ring (bicyclic) bond motifs is 1. The van der Waals surface area contributed by atoms with Gasteiger partial charge in [0.15, 0.2) is 5.82 Å². The molecule has 1 saturated carbocycles. The van der Waals surface area contributed by atoms with Crippen LogP contribution in [-0.4, -0.2) is 60.9 Å². The first-order valence-corrected chi connectivity index (χ1v) is 11.2. The molecule has 0 spiro atoms. The van der Waals surface area contributed by atoms with Crippen molar-refractivity contribution in [2.24, 2.45) is 5.92 Å². The average Bonchev–Trinajstić information content (AvgIpc) is 3.24. The van der Waals surface area contributed by atoms with Crippen molar-refractivity contribution in [2.45, 2.75) is 50.7 Å².